The van der Waals surface area contributed by atoms with Crippen molar-refractivity contribution in [2.75, 3.05) is 0 Å². The van der Waals surface area contributed by atoms with Gasteiger partial charge in [0.25, 0.3) is 0 Å². The summed E-state index contributed by atoms with van der Waals surface area (Å²) in [5.41, 5.74) is 0. The highest BCUT2D eigenvalue weighted by molar-refractivity contribution is 7.80. The Balaban J connectivity index is 3.51. The smallest absolute Gasteiger partial charge is 0.422 e. The Bertz CT molecular complexity index is 139. The summed E-state index contributed by atoms with van der Waals surface area (Å²) in [7, 11) is 0. The normalized spacial score (nSPS) is 17.7. The minimum absolute atomic E-state index is 0.747. The number of halogens is 1. The van der Waals surface area contributed by atoms with E-state index >= 15 is 0 Å². The summed E-state index contributed by atoms with van der Waals surface area (Å²) >= 11 is 4.81. The van der Waals surface area contributed by atoms with E-state index in [0.29, 0.717) is 0 Å². The van der Waals surface area contributed by atoms with Gasteiger partial charge in [-0.05, 0) is 12.5 Å². The summed E-state index contributed by atoms with van der Waals surface area (Å²) in [4.78, 5) is 8.29. The molecule has 0 aliphatic carbocycles. The van der Waals surface area contributed by atoms with Crippen molar-refractivity contribution in [1.29, 1.82) is 0 Å². The van der Waals surface area contributed by atoms with Gasteiger partial charge >= 0.3 is 6.95 Å². The van der Waals surface area contributed by atoms with Crippen molar-refractivity contribution in [3.63, 3.8) is 0 Å². The molecular weight excluding hydrogens is 162 g/mol. The number of hydrogen-bond acceptors (Lipinski definition) is 2. The summed E-state index contributed by atoms with van der Waals surface area (Å²) in [5.74, 6) is 0. The fraction of sp³-hybridized carbons (Fsp3) is 0.500. The van der Waals surface area contributed by atoms with E-state index in [0.717, 1.165) is 12.7 Å². The Hall–Kier alpha value is 0.0200. The summed E-state index contributed by atoms with van der Waals surface area (Å²) in [5, 5.41) is 0. The minimum atomic E-state index is -3.81. The number of rotatable bonds is 3. The first-order valence-electron chi connectivity index (χ1n) is 2.42. The van der Waals surface area contributed by atoms with Gasteiger partial charge in [-0.2, -0.15) is 0 Å². The Morgan fingerprint density at radius 3 is 2.78 bits per heavy atom. The lowest BCUT2D eigenvalue weighted by atomic mass is 10.5. The predicted molar refractivity (Wildman–Crippen MR) is 36.2 cm³/mol. The molecule has 0 fully saturated rings. The van der Waals surface area contributed by atoms with Gasteiger partial charge in [-0.25, -0.2) is 4.57 Å². The molecule has 0 heterocycles. The molecule has 0 amide bonds. The lowest BCUT2D eigenvalue weighted by molar-refractivity contribution is 0.367. The largest absolute Gasteiger partial charge is 0.473 e. The van der Waals surface area contributed by atoms with Crippen LogP contribution in [0.1, 0.15) is 13.3 Å². The van der Waals surface area contributed by atoms with E-state index in [9.17, 15) is 4.57 Å². The molecule has 0 radical (unpaired) electrons. The van der Waals surface area contributed by atoms with Crippen molar-refractivity contribution in [3.8, 4) is 0 Å². The first-order valence-corrected chi connectivity index (χ1v) is 4.90. The molecule has 3 nitrogen and oxygen atoms in total. The highest BCUT2D eigenvalue weighted by Crippen LogP contribution is 2.47. The van der Waals surface area contributed by atoms with Crippen LogP contribution in [-0.2, 0) is 9.09 Å². The fourth-order valence-corrected chi connectivity index (χ4v) is 0.589. The average Bonchev–Trinajstić information content (AvgIpc) is 1.63. The third kappa shape index (κ3) is 8.02. The monoisotopic (exact) mass is 170 g/mol. The molecular formula is C4H8ClO3P. The van der Waals surface area contributed by atoms with Crippen LogP contribution < -0.4 is 0 Å². The fourth-order valence-electron chi connectivity index (χ4n) is 0.214. The van der Waals surface area contributed by atoms with Crippen LogP contribution in [0.2, 0.25) is 0 Å². The molecule has 0 spiro atoms. The van der Waals surface area contributed by atoms with E-state index in [1.165, 1.54) is 0 Å². The molecule has 1 N–H and O–H groups in total. The molecule has 9 heavy (non-hydrogen) atoms. The molecule has 5 heteroatoms. The zero-order valence-corrected chi connectivity index (χ0v) is 6.60. The van der Waals surface area contributed by atoms with Gasteiger partial charge in [0, 0.05) is 11.2 Å². The zero-order chi connectivity index (χ0) is 7.33. The van der Waals surface area contributed by atoms with Gasteiger partial charge in [0.15, 0.2) is 0 Å². The summed E-state index contributed by atoms with van der Waals surface area (Å²) in [6.07, 6.45) is 3.45. The molecule has 54 valence electrons. The second-order valence-corrected chi connectivity index (χ2v) is 3.73. The van der Waals surface area contributed by atoms with E-state index in [2.05, 4.69) is 4.52 Å². The average molecular weight is 171 g/mol. The standard InChI is InChI=1S/C4H8ClO3P/c1-2-3-4-8-9(5,6)7/h3-4H,2H2,1H3,(H,6,7). The maximum atomic E-state index is 10.1. The SMILES string of the molecule is CCC=COP(=O)(O)Cl. The highest BCUT2D eigenvalue weighted by atomic mass is 35.7. The third-order valence-electron chi connectivity index (χ3n) is 0.523. The Kier molecular flexibility index (Phi) is 3.95. The first-order chi connectivity index (χ1) is 4.06. The van der Waals surface area contributed by atoms with Crippen molar-refractivity contribution in [2.45, 2.75) is 13.3 Å². The number of allylic oxidation sites excluding steroid dienone is 1. The van der Waals surface area contributed by atoms with Crippen molar-refractivity contribution >= 4 is 18.2 Å². The van der Waals surface area contributed by atoms with Crippen molar-refractivity contribution in [2.24, 2.45) is 0 Å². The van der Waals surface area contributed by atoms with Gasteiger partial charge < -0.3 is 9.42 Å². The lowest BCUT2D eigenvalue weighted by Gasteiger charge is -1.97. The Morgan fingerprint density at radius 1 is 1.89 bits per heavy atom. The minimum Gasteiger partial charge on any atom is -0.422 e. The number of hydrogen-bond donors (Lipinski definition) is 1. The second-order valence-electron chi connectivity index (χ2n) is 1.34. The van der Waals surface area contributed by atoms with Gasteiger partial charge in [0.1, 0.15) is 0 Å². The molecule has 1 atom stereocenters. The van der Waals surface area contributed by atoms with Crippen LogP contribution in [0.25, 0.3) is 0 Å². The van der Waals surface area contributed by atoms with E-state index in [1.807, 2.05) is 6.92 Å². The van der Waals surface area contributed by atoms with Crippen LogP contribution in [0.15, 0.2) is 12.3 Å². The summed E-state index contributed by atoms with van der Waals surface area (Å²) in [6.45, 7) is -1.94. The summed E-state index contributed by atoms with van der Waals surface area (Å²) in [6, 6.07) is 0. The van der Waals surface area contributed by atoms with Crippen LogP contribution in [0.5, 0.6) is 0 Å². The van der Waals surface area contributed by atoms with Crippen LogP contribution in [0.4, 0.5) is 0 Å². The van der Waals surface area contributed by atoms with E-state index in [-0.39, 0.29) is 0 Å². The van der Waals surface area contributed by atoms with E-state index < -0.39 is 6.95 Å². The van der Waals surface area contributed by atoms with Crippen molar-refractivity contribution in [1.82, 2.24) is 0 Å². The molecule has 0 aliphatic rings. The Labute approximate surface area is 58.6 Å². The second kappa shape index (κ2) is 3.94. The topological polar surface area (TPSA) is 46.5 Å². The predicted octanol–water partition coefficient (Wildman–Crippen LogP) is 2.27. The van der Waals surface area contributed by atoms with Crippen LogP contribution in [-0.4, -0.2) is 4.89 Å². The highest BCUT2D eigenvalue weighted by Gasteiger charge is 2.10. The lowest BCUT2D eigenvalue weighted by Crippen LogP contribution is -1.69. The maximum absolute atomic E-state index is 10.1. The van der Waals surface area contributed by atoms with Crippen molar-refractivity contribution < 1.29 is 14.0 Å². The molecule has 0 saturated heterocycles. The zero-order valence-electron chi connectivity index (χ0n) is 4.95. The quantitative estimate of drug-likeness (QED) is 0.522. The van der Waals surface area contributed by atoms with E-state index in [1.54, 1.807) is 6.08 Å². The summed E-state index contributed by atoms with van der Waals surface area (Å²) < 4.78 is 14.3. The molecule has 0 aromatic heterocycles. The van der Waals surface area contributed by atoms with Crippen LogP contribution in [0, 0.1) is 0 Å². The molecule has 1 unspecified atom stereocenters. The van der Waals surface area contributed by atoms with Gasteiger partial charge in [-0.15, -0.1) is 0 Å². The Morgan fingerprint density at radius 2 is 2.44 bits per heavy atom. The molecule has 0 rings (SSSR count). The third-order valence-corrected chi connectivity index (χ3v) is 1.14. The molecule has 0 bridgehead atoms. The van der Waals surface area contributed by atoms with Gasteiger partial charge in [0.05, 0.1) is 6.26 Å². The van der Waals surface area contributed by atoms with Crippen LogP contribution in [0.3, 0.4) is 0 Å². The molecule has 0 aromatic rings. The first kappa shape index (κ1) is 9.02. The van der Waals surface area contributed by atoms with E-state index in [4.69, 9.17) is 16.1 Å². The van der Waals surface area contributed by atoms with Gasteiger partial charge in [-0.1, -0.05) is 6.92 Å². The van der Waals surface area contributed by atoms with Crippen molar-refractivity contribution in [3.05, 3.63) is 12.3 Å². The molecule has 0 aromatic carbocycles. The van der Waals surface area contributed by atoms with Gasteiger partial charge in [0.2, 0.25) is 0 Å². The molecule has 0 aliphatic heterocycles. The maximum Gasteiger partial charge on any atom is 0.473 e. The molecule has 0 saturated carbocycles. The van der Waals surface area contributed by atoms with Gasteiger partial charge in [-0.3, -0.25) is 0 Å². The van der Waals surface area contributed by atoms with Crippen LogP contribution >= 0.6 is 18.2 Å².